The molecule has 0 radical (unpaired) electrons. The van der Waals surface area contributed by atoms with E-state index in [1.165, 1.54) is 12.0 Å². The van der Waals surface area contributed by atoms with Crippen LogP contribution in [0.4, 0.5) is 5.69 Å². The second kappa shape index (κ2) is 11.0. The SMILES string of the molecule is COc1ccccc1CN1C(=O)[C@H]2[C@@H](C(=O)Nc3ccc(C(C)C)cc3)[C@H]3C=C[C@@]2(O3)[C@@H]1C(=O)NC1CCCCC1. The van der Waals surface area contributed by atoms with E-state index in [0.717, 1.165) is 31.2 Å². The summed E-state index contributed by atoms with van der Waals surface area (Å²) in [6, 6.07) is 14.5. The van der Waals surface area contributed by atoms with Crippen molar-refractivity contribution in [3.8, 4) is 5.75 Å². The number of hydrogen-bond donors (Lipinski definition) is 2. The van der Waals surface area contributed by atoms with Gasteiger partial charge < -0.3 is 25.0 Å². The zero-order valence-corrected chi connectivity index (χ0v) is 24.0. The summed E-state index contributed by atoms with van der Waals surface area (Å²) in [6.45, 7) is 4.42. The number of likely N-dealkylation sites (tertiary alicyclic amines) is 1. The molecule has 3 amide bonds. The second-order valence-electron chi connectivity index (χ2n) is 12.1. The molecule has 6 rings (SSSR count). The lowest BCUT2D eigenvalue weighted by Crippen LogP contribution is -2.56. The summed E-state index contributed by atoms with van der Waals surface area (Å²) in [4.78, 5) is 43.7. The first-order valence-corrected chi connectivity index (χ1v) is 14.8. The van der Waals surface area contributed by atoms with Crippen LogP contribution >= 0.6 is 0 Å². The fraction of sp³-hybridized carbons (Fsp3) is 0.485. The van der Waals surface area contributed by atoms with Crippen molar-refractivity contribution in [2.24, 2.45) is 11.8 Å². The second-order valence-corrected chi connectivity index (χ2v) is 12.1. The molecule has 0 aromatic heterocycles. The number of amides is 3. The molecule has 2 bridgehead atoms. The quantitative estimate of drug-likeness (QED) is 0.464. The Morgan fingerprint density at radius 1 is 1.05 bits per heavy atom. The molecule has 8 heteroatoms. The first-order chi connectivity index (χ1) is 19.8. The van der Waals surface area contributed by atoms with E-state index in [2.05, 4.69) is 24.5 Å². The van der Waals surface area contributed by atoms with Gasteiger partial charge in [0.1, 0.15) is 17.4 Å². The van der Waals surface area contributed by atoms with Crippen LogP contribution in [0.25, 0.3) is 0 Å². The Kier molecular flexibility index (Phi) is 7.36. The molecule has 216 valence electrons. The van der Waals surface area contributed by atoms with Gasteiger partial charge in [0.2, 0.25) is 17.7 Å². The van der Waals surface area contributed by atoms with Gasteiger partial charge in [-0.15, -0.1) is 0 Å². The Hall–Kier alpha value is -3.65. The molecule has 3 fully saturated rings. The van der Waals surface area contributed by atoms with Gasteiger partial charge in [-0.3, -0.25) is 14.4 Å². The highest BCUT2D eigenvalue weighted by Crippen LogP contribution is 2.55. The number of ether oxygens (including phenoxy) is 2. The van der Waals surface area contributed by atoms with E-state index in [0.29, 0.717) is 17.4 Å². The molecule has 1 saturated carbocycles. The van der Waals surface area contributed by atoms with Crippen molar-refractivity contribution in [2.75, 3.05) is 12.4 Å². The van der Waals surface area contributed by atoms with E-state index >= 15 is 0 Å². The van der Waals surface area contributed by atoms with E-state index in [1.54, 1.807) is 12.0 Å². The first kappa shape index (κ1) is 27.5. The standard InChI is InChI=1S/C33H39N3O5/c1-20(2)21-13-15-24(16-14-21)34-30(37)27-26-17-18-33(41-26)28(27)32(39)36(19-22-9-7-8-12-25(22)40-3)29(33)31(38)35-23-10-5-4-6-11-23/h7-9,12-18,20,23,26-29H,4-6,10-11,19H2,1-3H3,(H,34,37)(H,35,38)/t26-,27+,28-,29+,33+/m1/s1. The summed E-state index contributed by atoms with van der Waals surface area (Å²) in [5, 5.41) is 6.25. The van der Waals surface area contributed by atoms with Crippen LogP contribution in [0.15, 0.2) is 60.7 Å². The van der Waals surface area contributed by atoms with E-state index in [9.17, 15) is 14.4 Å². The monoisotopic (exact) mass is 557 g/mol. The van der Waals surface area contributed by atoms with Crippen LogP contribution in [0.2, 0.25) is 0 Å². The van der Waals surface area contributed by atoms with Crippen LogP contribution < -0.4 is 15.4 Å². The summed E-state index contributed by atoms with van der Waals surface area (Å²) in [5.74, 6) is -1.27. The molecule has 41 heavy (non-hydrogen) atoms. The van der Waals surface area contributed by atoms with Gasteiger partial charge in [0.15, 0.2) is 0 Å². The third-order valence-electron chi connectivity index (χ3n) is 9.25. The number of nitrogens with one attached hydrogen (secondary N) is 2. The van der Waals surface area contributed by atoms with Gasteiger partial charge in [0, 0.05) is 17.3 Å². The van der Waals surface area contributed by atoms with Gasteiger partial charge in [-0.1, -0.05) is 75.6 Å². The maximum absolute atomic E-state index is 14.3. The number of para-hydroxylation sites is 1. The number of carbonyl (C=O) groups excluding carboxylic acids is 3. The molecule has 3 heterocycles. The minimum Gasteiger partial charge on any atom is -0.496 e. The molecular formula is C33H39N3O5. The Labute approximate surface area is 241 Å². The van der Waals surface area contributed by atoms with Crippen LogP contribution in [0.3, 0.4) is 0 Å². The number of methoxy groups -OCH3 is 1. The highest BCUT2D eigenvalue weighted by atomic mass is 16.5. The number of anilines is 1. The molecule has 3 aliphatic heterocycles. The number of hydrogen-bond acceptors (Lipinski definition) is 5. The highest BCUT2D eigenvalue weighted by Gasteiger charge is 2.72. The third kappa shape index (κ3) is 4.82. The van der Waals surface area contributed by atoms with Gasteiger partial charge in [-0.2, -0.15) is 0 Å². The molecule has 1 aliphatic carbocycles. The molecule has 8 nitrogen and oxygen atoms in total. The predicted octanol–water partition coefficient (Wildman–Crippen LogP) is 4.56. The topological polar surface area (TPSA) is 97.0 Å². The Morgan fingerprint density at radius 2 is 1.78 bits per heavy atom. The predicted molar refractivity (Wildman–Crippen MR) is 155 cm³/mol. The summed E-state index contributed by atoms with van der Waals surface area (Å²) >= 11 is 0. The molecule has 5 atom stereocenters. The maximum Gasteiger partial charge on any atom is 0.246 e. The zero-order chi connectivity index (χ0) is 28.7. The molecule has 1 spiro atoms. The number of nitrogens with zero attached hydrogens (tertiary/aromatic N) is 1. The third-order valence-corrected chi connectivity index (χ3v) is 9.25. The normalized spacial score (nSPS) is 28.7. The first-order valence-electron chi connectivity index (χ1n) is 14.8. The molecule has 2 N–H and O–H groups in total. The van der Waals surface area contributed by atoms with Crippen molar-refractivity contribution < 1.29 is 23.9 Å². The molecule has 2 saturated heterocycles. The van der Waals surface area contributed by atoms with Gasteiger partial charge >= 0.3 is 0 Å². The van der Waals surface area contributed by atoms with Gasteiger partial charge in [-0.05, 0) is 42.5 Å². The van der Waals surface area contributed by atoms with Crippen molar-refractivity contribution in [3.05, 3.63) is 71.8 Å². The van der Waals surface area contributed by atoms with Crippen LogP contribution in [0.5, 0.6) is 5.75 Å². The van der Waals surface area contributed by atoms with Crippen molar-refractivity contribution in [3.63, 3.8) is 0 Å². The molecule has 2 aromatic rings. The van der Waals surface area contributed by atoms with E-state index in [1.807, 2.05) is 60.7 Å². The Bertz CT molecular complexity index is 1350. The van der Waals surface area contributed by atoms with Gasteiger partial charge in [-0.25, -0.2) is 0 Å². The van der Waals surface area contributed by atoms with Crippen molar-refractivity contribution in [1.82, 2.24) is 10.2 Å². The minimum absolute atomic E-state index is 0.0744. The van der Waals surface area contributed by atoms with Crippen LogP contribution in [0, 0.1) is 11.8 Å². The summed E-state index contributed by atoms with van der Waals surface area (Å²) in [7, 11) is 1.59. The number of fused-ring (bicyclic) bond motifs is 1. The smallest absolute Gasteiger partial charge is 0.246 e. The molecule has 0 unspecified atom stereocenters. The molecular weight excluding hydrogens is 518 g/mol. The van der Waals surface area contributed by atoms with E-state index in [-0.39, 0.29) is 30.3 Å². The van der Waals surface area contributed by atoms with Crippen LogP contribution in [-0.4, -0.2) is 53.5 Å². The number of rotatable bonds is 8. The van der Waals surface area contributed by atoms with Crippen LogP contribution in [-0.2, 0) is 25.7 Å². The fourth-order valence-electron chi connectivity index (χ4n) is 7.16. The van der Waals surface area contributed by atoms with Gasteiger partial charge in [0.25, 0.3) is 0 Å². The number of benzene rings is 2. The minimum atomic E-state index is -1.20. The maximum atomic E-state index is 14.3. The average molecular weight is 558 g/mol. The largest absolute Gasteiger partial charge is 0.496 e. The summed E-state index contributed by atoms with van der Waals surface area (Å²) in [5.41, 5.74) is 1.44. The van der Waals surface area contributed by atoms with Crippen molar-refractivity contribution >= 4 is 23.4 Å². The summed E-state index contributed by atoms with van der Waals surface area (Å²) in [6.07, 6.45) is 8.31. The molecule has 4 aliphatic rings. The van der Waals surface area contributed by atoms with Gasteiger partial charge in [0.05, 0.1) is 31.6 Å². The number of carbonyl (C=O) groups is 3. The van der Waals surface area contributed by atoms with Crippen molar-refractivity contribution in [2.45, 2.75) is 82.2 Å². The Morgan fingerprint density at radius 3 is 2.49 bits per heavy atom. The fourth-order valence-corrected chi connectivity index (χ4v) is 7.16. The Balaban J connectivity index is 1.31. The highest BCUT2D eigenvalue weighted by molar-refractivity contribution is 6.02. The van der Waals surface area contributed by atoms with E-state index in [4.69, 9.17) is 9.47 Å². The lowest BCUT2D eigenvalue weighted by Gasteiger charge is -2.34. The zero-order valence-electron chi connectivity index (χ0n) is 24.0. The van der Waals surface area contributed by atoms with Crippen LogP contribution in [0.1, 0.15) is 63.0 Å². The van der Waals surface area contributed by atoms with E-state index < -0.39 is 29.6 Å². The lowest BCUT2D eigenvalue weighted by molar-refractivity contribution is -0.142. The summed E-state index contributed by atoms with van der Waals surface area (Å²) < 4.78 is 12.1. The molecule has 2 aromatic carbocycles. The van der Waals surface area contributed by atoms with Crippen molar-refractivity contribution in [1.29, 1.82) is 0 Å². The average Bonchev–Trinajstić information content (AvgIpc) is 3.61. The lowest BCUT2D eigenvalue weighted by atomic mass is 9.74.